The Morgan fingerprint density at radius 3 is 1.93 bits per heavy atom. The SMILES string of the molecule is COC(=O)c1cccc2c1SCC=C2.O=C(O)c1cccc2c1SCC=C2. The summed E-state index contributed by atoms with van der Waals surface area (Å²) in [5.74, 6) is 0.669. The number of rotatable bonds is 2. The van der Waals surface area contributed by atoms with Gasteiger partial charge in [-0.25, -0.2) is 9.59 Å². The van der Waals surface area contributed by atoms with Crippen LogP contribution in [0.25, 0.3) is 12.2 Å². The zero-order chi connectivity index (χ0) is 19.2. The Morgan fingerprint density at radius 2 is 1.41 bits per heavy atom. The molecule has 0 saturated carbocycles. The fourth-order valence-corrected chi connectivity index (χ4v) is 4.69. The lowest BCUT2D eigenvalue weighted by atomic mass is 10.1. The highest BCUT2D eigenvalue weighted by atomic mass is 32.2. The second-order valence-corrected chi connectivity index (χ2v) is 7.73. The van der Waals surface area contributed by atoms with E-state index in [0.29, 0.717) is 11.1 Å². The minimum Gasteiger partial charge on any atom is -0.478 e. The van der Waals surface area contributed by atoms with E-state index >= 15 is 0 Å². The van der Waals surface area contributed by atoms with Crippen molar-refractivity contribution in [3.05, 3.63) is 70.8 Å². The largest absolute Gasteiger partial charge is 0.478 e. The highest BCUT2D eigenvalue weighted by Gasteiger charge is 2.16. The molecule has 2 heterocycles. The van der Waals surface area contributed by atoms with Crippen LogP contribution in [0, 0.1) is 0 Å². The summed E-state index contributed by atoms with van der Waals surface area (Å²) in [6.45, 7) is 0. The van der Waals surface area contributed by atoms with E-state index in [1.165, 1.54) is 7.11 Å². The van der Waals surface area contributed by atoms with Crippen LogP contribution in [0.2, 0.25) is 0 Å². The van der Waals surface area contributed by atoms with Gasteiger partial charge in [0.1, 0.15) is 0 Å². The predicted molar refractivity (Wildman–Crippen MR) is 111 cm³/mol. The minimum absolute atomic E-state index is 0.260. The molecule has 138 valence electrons. The molecule has 0 radical (unpaired) electrons. The lowest BCUT2D eigenvalue weighted by Crippen LogP contribution is -2.05. The molecule has 0 amide bonds. The van der Waals surface area contributed by atoms with Gasteiger partial charge in [-0.3, -0.25) is 0 Å². The third-order valence-corrected chi connectivity index (χ3v) is 6.18. The van der Waals surface area contributed by atoms with Gasteiger partial charge in [0.15, 0.2) is 0 Å². The second-order valence-electron chi connectivity index (χ2n) is 5.67. The van der Waals surface area contributed by atoms with Gasteiger partial charge in [-0.15, -0.1) is 23.5 Å². The maximum absolute atomic E-state index is 11.4. The number of benzene rings is 2. The maximum atomic E-state index is 11.4. The third-order valence-electron chi connectivity index (χ3n) is 3.97. The van der Waals surface area contributed by atoms with Crippen molar-refractivity contribution in [3.63, 3.8) is 0 Å². The Balaban J connectivity index is 0.000000156. The van der Waals surface area contributed by atoms with Crippen LogP contribution in [0.5, 0.6) is 0 Å². The van der Waals surface area contributed by atoms with E-state index in [-0.39, 0.29) is 5.97 Å². The van der Waals surface area contributed by atoms with Gasteiger partial charge in [0.05, 0.1) is 18.2 Å². The molecule has 1 N–H and O–H groups in total. The summed E-state index contributed by atoms with van der Waals surface area (Å²) in [6.07, 6.45) is 8.14. The van der Waals surface area contributed by atoms with Crippen LogP contribution in [-0.2, 0) is 4.74 Å². The van der Waals surface area contributed by atoms with Crippen molar-refractivity contribution in [3.8, 4) is 0 Å². The molecule has 0 aliphatic carbocycles. The van der Waals surface area contributed by atoms with E-state index in [2.05, 4.69) is 6.08 Å². The summed E-state index contributed by atoms with van der Waals surface area (Å²) >= 11 is 3.25. The van der Waals surface area contributed by atoms with Gasteiger partial charge < -0.3 is 9.84 Å². The van der Waals surface area contributed by atoms with E-state index in [9.17, 15) is 9.59 Å². The van der Waals surface area contributed by atoms with Crippen molar-refractivity contribution < 1.29 is 19.4 Å². The Kier molecular flexibility index (Phi) is 6.42. The first kappa shape index (κ1) is 19.3. The van der Waals surface area contributed by atoms with E-state index < -0.39 is 5.97 Å². The first-order valence-corrected chi connectivity index (χ1v) is 10.2. The van der Waals surface area contributed by atoms with Crippen LogP contribution in [0.1, 0.15) is 31.8 Å². The van der Waals surface area contributed by atoms with Gasteiger partial charge in [0, 0.05) is 21.3 Å². The first-order valence-electron chi connectivity index (χ1n) is 8.28. The lowest BCUT2D eigenvalue weighted by molar-refractivity contribution is 0.0595. The van der Waals surface area contributed by atoms with Crippen LogP contribution in [-0.4, -0.2) is 35.7 Å². The van der Waals surface area contributed by atoms with Crippen LogP contribution in [0.3, 0.4) is 0 Å². The quantitative estimate of drug-likeness (QED) is 0.711. The number of carbonyl (C=O) groups excluding carboxylic acids is 1. The van der Waals surface area contributed by atoms with Crippen molar-refractivity contribution in [1.82, 2.24) is 0 Å². The molecule has 2 aliphatic rings. The number of fused-ring (bicyclic) bond motifs is 2. The average Bonchev–Trinajstić information content (AvgIpc) is 2.72. The van der Waals surface area contributed by atoms with Gasteiger partial charge in [-0.1, -0.05) is 48.6 Å². The van der Waals surface area contributed by atoms with E-state index in [0.717, 1.165) is 32.4 Å². The topological polar surface area (TPSA) is 63.6 Å². The molecule has 27 heavy (non-hydrogen) atoms. The van der Waals surface area contributed by atoms with Gasteiger partial charge in [0.25, 0.3) is 0 Å². The van der Waals surface area contributed by atoms with Crippen molar-refractivity contribution >= 4 is 47.6 Å². The molecule has 0 aromatic heterocycles. The first-order chi connectivity index (χ1) is 13.1. The number of ether oxygens (including phenoxy) is 1. The maximum Gasteiger partial charge on any atom is 0.339 e. The molecule has 0 spiro atoms. The van der Waals surface area contributed by atoms with Gasteiger partial charge in [0.2, 0.25) is 0 Å². The van der Waals surface area contributed by atoms with E-state index in [1.807, 2.05) is 36.4 Å². The molecule has 2 aliphatic heterocycles. The third kappa shape index (κ3) is 4.46. The van der Waals surface area contributed by atoms with Crippen molar-refractivity contribution in [2.24, 2.45) is 0 Å². The summed E-state index contributed by atoms with van der Waals surface area (Å²) in [4.78, 5) is 24.2. The molecule has 0 atom stereocenters. The van der Waals surface area contributed by atoms with Crippen LogP contribution < -0.4 is 0 Å². The van der Waals surface area contributed by atoms with Crippen molar-refractivity contribution in [1.29, 1.82) is 0 Å². The molecule has 0 unspecified atom stereocenters. The standard InChI is InChI=1S/C11H10O2S.C10H8O2S/c1-13-11(12)9-6-2-4-8-5-3-7-14-10(8)9;11-10(12)8-5-1-3-7-4-2-6-13-9(7)8/h2-6H,7H2,1H3;1-5H,6H2,(H,11,12). The fraction of sp³-hybridized carbons (Fsp3) is 0.143. The van der Waals surface area contributed by atoms with Gasteiger partial charge >= 0.3 is 11.9 Å². The monoisotopic (exact) mass is 398 g/mol. The number of aromatic carboxylic acids is 1. The van der Waals surface area contributed by atoms with E-state index in [1.54, 1.807) is 41.7 Å². The normalized spacial score (nSPS) is 13.7. The van der Waals surface area contributed by atoms with Gasteiger partial charge in [-0.2, -0.15) is 0 Å². The Labute approximate surface area is 166 Å². The van der Waals surface area contributed by atoms with E-state index in [4.69, 9.17) is 9.84 Å². The highest BCUT2D eigenvalue weighted by molar-refractivity contribution is 7.99. The lowest BCUT2D eigenvalue weighted by Gasteiger charge is -2.12. The number of hydrogen-bond acceptors (Lipinski definition) is 5. The highest BCUT2D eigenvalue weighted by Crippen LogP contribution is 2.32. The summed E-state index contributed by atoms with van der Waals surface area (Å²) in [5.41, 5.74) is 3.19. The Hall–Kier alpha value is -2.44. The molecule has 4 rings (SSSR count). The number of methoxy groups -OCH3 is 1. The summed E-state index contributed by atoms with van der Waals surface area (Å²) < 4.78 is 4.73. The van der Waals surface area contributed by atoms with Crippen LogP contribution in [0.15, 0.2) is 58.3 Å². The number of thioether (sulfide) groups is 2. The Morgan fingerprint density at radius 1 is 0.889 bits per heavy atom. The fourth-order valence-electron chi connectivity index (χ4n) is 2.75. The zero-order valence-electron chi connectivity index (χ0n) is 14.7. The molecular formula is C21H18O4S2. The molecular weight excluding hydrogens is 380 g/mol. The number of carboxylic acids is 1. The number of carbonyl (C=O) groups is 2. The smallest absolute Gasteiger partial charge is 0.339 e. The molecule has 0 saturated heterocycles. The molecule has 4 nitrogen and oxygen atoms in total. The van der Waals surface area contributed by atoms with Crippen molar-refractivity contribution in [2.75, 3.05) is 18.6 Å². The van der Waals surface area contributed by atoms with Crippen molar-refractivity contribution in [2.45, 2.75) is 9.79 Å². The van der Waals surface area contributed by atoms with Crippen LogP contribution in [0.4, 0.5) is 0 Å². The molecule has 6 heteroatoms. The van der Waals surface area contributed by atoms with Gasteiger partial charge in [-0.05, 0) is 23.3 Å². The molecule has 2 aromatic rings. The van der Waals surface area contributed by atoms with Crippen LogP contribution >= 0.6 is 23.5 Å². The molecule has 0 bridgehead atoms. The minimum atomic E-state index is -0.848. The summed E-state index contributed by atoms with van der Waals surface area (Å²) in [7, 11) is 1.41. The summed E-state index contributed by atoms with van der Waals surface area (Å²) in [6, 6.07) is 11.0. The zero-order valence-corrected chi connectivity index (χ0v) is 16.3. The molecule has 0 fully saturated rings. The predicted octanol–water partition coefficient (Wildman–Crippen LogP) is 5.10. The average molecular weight is 399 g/mol. The number of hydrogen-bond donors (Lipinski definition) is 1. The number of esters is 1. The second kappa shape index (κ2) is 8.97. The number of carboxylic acid groups (broad SMARTS) is 1. The Bertz CT molecular complexity index is 932. The summed E-state index contributed by atoms with van der Waals surface area (Å²) in [5, 5.41) is 8.90. The molecule has 2 aromatic carbocycles.